The van der Waals surface area contributed by atoms with E-state index in [9.17, 15) is 0 Å². The maximum atomic E-state index is 8.95. The molecule has 70 valence electrons. The van der Waals surface area contributed by atoms with Crippen LogP contribution in [0.15, 0.2) is 0 Å². The highest BCUT2D eigenvalue weighted by molar-refractivity contribution is 4.95. The van der Waals surface area contributed by atoms with Crippen LogP contribution in [-0.2, 0) is 0 Å². The van der Waals surface area contributed by atoms with Gasteiger partial charge in [-0.25, -0.2) is 0 Å². The molecule has 0 bridgehead atoms. The van der Waals surface area contributed by atoms with E-state index in [1.165, 1.54) is 0 Å². The van der Waals surface area contributed by atoms with E-state index in [1.807, 2.05) is 6.92 Å². The van der Waals surface area contributed by atoms with Gasteiger partial charge in [-0.05, 0) is 12.8 Å². The second kappa shape index (κ2) is 7.15. The fourth-order valence-corrected chi connectivity index (χ4v) is 0.956. The van der Waals surface area contributed by atoms with Gasteiger partial charge in [0.25, 0.3) is 0 Å². The number of hydrogen-bond donors (Lipinski definition) is 2. The Morgan fingerprint density at radius 1 is 1.42 bits per heavy atom. The number of hydrogen-bond acceptors (Lipinski definition) is 2. The van der Waals surface area contributed by atoms with E-state index in [0.717, 1.165) is 13.0 Å². The highest BCUT2D eigenvalue weighted by atomic mass is 16.3. The fraction of sp³-hybridized carbons (Fsp3) is 0.800. The van der Waals surface area contributed by atoms with Crippen molar-refractivity contribution in [2.24, 2.45) is 5.92 Å². The number of nitrogens with one attached hydrogen (secondary N) is 1. The molecule has 0 aromatic rings. The average Bonchev–Trinajstić information content (AvgIpc) is 2.04. The second-order valence-corrected chi connectivity index (χ2v) is 3.16. The van der Waals surface area contributed by atoms with Crippen molar-refractivity contribution in [2.45, 2.75) is 33.2 Å². The molecule has 0 radical (unpaired) electrons. The van der Waals surface area contributed by atoms with Gasteiger partial charge in [0.1, 0.15) is 0 Å². The molecule has 2 nitrogen and oxygen atoms in total. The summed E-state index contributed by atoms with van der Waals surface area (Å²) in [6.07, 6.45) is 0.861. The van der Waals surface area contributed by atoms with E-state index in [2.05, 4.69) is 31.0 Å². The summed E-state index contributed by atoms with van der Waals surface area (Å²) in [5, 5.41) is 12.2. The predicted octanol–water partition coefficient (Wildman–Crippen LogP) is 1.01. The summed E-state index contributed by atoms with van der Waals surface area (Å²) in [5.41, 5.74) is 0. The largest absolute Gasteiger partial charge is 0.395 e. The van der Waals surface area contributed by atoms with Gasteiger partial charge in [0, 0.05) is 19.0 Å². The van der Waals surface area contributed by atoms with Crippen LogP contribution in [0.1, 0.15) is 27.2 Å². The predicted molar refractivity (Wildman–Crippen MR) is 51.8 cm³/mol. The Balaban J connectivity index is 3.49. The first-order chi connectivity index (χ1) is 5.72. The smallest absolute Gasteiger partial charge is 0.0587 e. The summed E-state index contributed by atoms with van der Waals surface area (Å²) in [4.78, 5) is 0. The topological polar surface area (TPSA) is 32.3 Å². The molecular formula is C10H19NO. The van der Waals surface area contributed by atoms with Crippen LogP contribution in [0, 0.1) is 17.8 Å². The Hall–Kier alpha value is -0.520. The highest BCUT2D eigenvalue weighted by Crippen LogP contribution is 1.99. The first kappa shape index (κ1) is 11.5. The number of rotatable bonds is 5. The highest BCUT2D eigenvalue weighted by Gasteiger charge is 2.09. The number of aliphatic hydroxyl groups excluding tert-OH is 1. The maximum absolute atomic E-state index is 8.95. The quantitative estimate of drug-likeness (QED) is 0.475. The first-order valence-corrected chi connectivity index (χ1v) is 4.46. The molecular weight excluding hydrogens is 150 g/mol. The van der Waals surface area contributed by atoms with E-state index in [0.29, 0.717) is 5.92 Å². The summed E-state index contributed by atoms with van der Waals surface area (Å²) < 4.78 is 0. The Bertz CT molecular complexity index is 155. The maximum Gasteiger partial charge on any atom is 0.0587 e. The Kier molecular flexibility index (Phi) is 6.84. The van der Waals surface area contributed by atoms with Crippen molar-refractivity contribution in [1.29, 1.82) is 0 Å². The molecule has 0 rings (SSSR count). The van der Waals surface area contributed by atoms with Crippen molar-refractivity contribution in [3.8, 4) is 11.8 Å². The molecule has 0 saturated carbocycles. The van der Waals surface area contributed by atoms with Gasteiger partial charge < -0.3 is 10.4 Å². The van der Waals surface area contributed by atoms with Crippen molar-refractivity contribution in [2.75, 3.05) is 13.2 Å². The molecule has 0 spiro atoms. The molecule has 0 aliphatic rings. The van der Waals surface area contributed by atoms with Gasteiger partial charge >= 0.3 is 0 Å². The molecule has 0 fully saturated rings. The van der Waals surface area contributed by atoms with Crippen LogP contribution in [0.5, 0.6) is 0 Å². The molecule has 0 saturated heterocycles. The van der Waals surface area contributed by atoms with Crippen molar-refractivity contribution < 1.29 is 5.11 Å². The molecule has 1 atom stereocenters. The SMILES string of the molecule is CC#CCCNC(CO)C(C)C. The van der Waals surface area contributed by atoms with Gasteiger partial charge in [0.05, 0.1) is 6.61 Å². The minimum Gasteiger partial charge on any atom is -0.395 e. The van der Waals surface area contributed by atoms with Gasteiger partial charge in [0.2, 0.25) is 0 Å². The summed E-state index contributed by atoms with van der Waals surface area (Å²) in [5.74, 6) is 6.29. The normalized spacial score (nSPS) is 12.4. The van der Waals surface area contributed by atoms with Gasteiger partial charge in [-0.15, -0.1) is 11.8 Å². The van der Waals surface area contributed by atoms with Crippen LogP contribution in [-0.4, -0.2) is 24.3 Å². The molecule has 2 N–H and O–H groups in total. The van der Waals surface area contributed by atoms with Gasteiger partial charge in [-0.3, -0.25) is 0 Å². The molecule has 0 aliphatic heterocycles. The lowest BCUT2D eigenvalue weighted by Gasteiger charge is -2.18. The van der Waals surface area contributed by atoms with E-state index in [1.54, 1.807) is 0 Å². The second-order valence-electron chi connectivity index (χ2n) is 3.16. The third kappa shape index (κ3) is 5.17. The zero-order valence-corrected chi connectivity index (χ0v) is 8.22. The monoisotopic (exact) mass is 169 g/mol. The molecule has 0 aromatic carbocycles. The summed E-state index contributed by atoms with van der Waals surface area (Å²) in [6.45, 7) is 7.10. The van der Waals surface area contributed by atoms with Crippen LogP contribution in [0.25, 0.3) is 0 Å². The lowest BCUT2D eigenvalue weighted by atomic mass is 10.1. The molecule has 0 aliphatic carbocycles. The zero-order chi connectivity index (χ0) is 9.40. The Morgan fingerprint density at radius 3 is 2.50 bits per heavy atom. The third-order valence-corrected chi connectivity index (χ3v) is 1.83. The van der Waals surface area contributed by atoms with Crippen LogP contribution < -0.4 is 5.32 Å². The van der Waals surface area contributed by atoms with Gasteiger partial charge in [0.15, 0.2) is 0 Å². The zero-order valence-electron chi connectivity index (χ0n) is 8.22. The van der Waals surface area contributed by atoms with Crippen LogP contribution in [0.2, 0.25) is 0 Å². The van der Waals surface area contributed by atoms with Crippen molar-refractivity contribution in [1.82, 2.24) is 5.32 Å². The fourth-order valence-electron chi connectivity index (χ4n) is 0.956. The summed E-state index contributed by atoms with van der Waals surface area (Å²) in [7, 11) is 0. The number of aliphatic hydroxyl groups is 1. The molecule has 0 amide bonds. The van der Waals surface area contributed by atoms with Crippen molar-refractivity contribution >= 4 is 0 Å². The molecule has 0 aromatic heterocycles. The van der Waals surface area contributed by atoms with Crippen LogP contribution in [0.3, 0.4) is 0 Å². The lowest BCUT2D eigenvalue weighted by molar-refractivity contribution is 0.212. The van der Waals surface area contributed by atoms with E-state index < -0.39 is 0 Å². The van der Waals surface area contributed by atoms with Crippen LogP contribution >= 0.6 is 0 Å². The molecule has 12 heavy (non-hydrogen) atoms. The lowest BCUT2D eigenvalue weighted by Crippen LogP contribution is -2.37. The minimum atomic E-state index is 0.206. The minimum absolute atomic E-state index is 0.206. The molecule has 0 heterocycles. The van der Waals surface area contributed by atoms with E-state index in [4.69, 9.17) is 5.11 Å². The molecule has 1 unspecified atom stereocenters. The summed E-state index contributed by atoms with van der Waals surface area (Å²) >= 11 is 0. The van der Waals surface area contributed by atoms with E-state index in [-0.39, 0.29) is 12.6 Å². The van der Waals surface area contributed by atoms with Crippen LogP contribution in [0.4, 0.5) is 0 Å². The first-order valence-electron chi connectivity index (χ1n) is 4.46. The van der Waals surface area contributed by atoms with Crippen molar-refractivity contribution in [3.63, 3.8) is 0 Å². The molecule has 2 heteroatoms. The third-order valence-electron chi connectivity index (χ3n) is 1.83. The van der Waals surface area contributed by atoms with Gasteiger partial charge in [-0.2, -0.15) is 0 Å². The van der Waals surface area contributed by atoms with Gasteiger partial charge in [-0.1, -0.05) is 13.8 Å². The van der Waals surface area contributed by atoms with Crippen molar-refractivity contribution in [3.05, 3.63) is 0 Å². The standard InChI is InChI=1S/C10H19NO/c1-4-5-6-7-11-10(8-12)9(2)3/h9-12H,6-8H2,1-3H3. The Morgan fingerprint density at radius 2 is 2.08 bits per heavy atom. The average molecular weight is 169 g/mol. The Labute approximate surface area is 75.4 Å². The summed E-state index contributed by atoms with van der Waals surface area (Å²) in [6, 6.07) is 0.212. The van der Waals surface area contributed by atoms with E-state index >= 15 is 0 Å².